The summed E-state index contributed by atoms with van der Waals surface area (Å²) < 4.78 is 58.5. The molecule has 0 aliphatic carbocycles. The summed E-state index contributed by atoms with van der Waals surface area (Å²) >= 11 is 0. The second-order valence-corrected chi connectivity index (χ2v) is 5.25. The number of hydrogen-bond acceptors (Lipinski definition) is 3. The molecule has 0 amide bonds. The Kier molecular flexibility index (Phi) is 3.59. The molecule has 0 aliphatic heterocycles. The molecule has 0 saturated carbocycles. The first-order valence-corrected chi connectivity index (χ1v) is 6.04. The van der Waals surface area contributed by atoms with Crippen LogP contribution in [0.5, 0.6) is 0 Å². The highest BCUT2D eigenvalue weighted by Gasteiger charge is 2.30. The van der Waals surface area contributed by atoms with Gasteiger partial charge in [0.15, 0.2) is 9.84 Å². The van der Waals surface area contributed by atoms with Crippen LogP contribution in [0.15, 0.2) is 24.3 Å². The van der Waals surface area contributed by atoms with Crippen molar-refractivity contribution in [2.24, 2.45) is 0 Å². The van der Waals surface area contributed by atoms with Crippen LogP contribution >= 0.6 is 0 Å². The molecule has 0 unspecified atom stereocenters. The van der Waals surface area contributed by atoms with Crippen molar-refractivity contribution in [1.82, 2.24) is 0 Å². The zero-order valence-corrected chi connectivity index (χ0v) is 8.85. The molecule has 90 valence electrons. The molecule has 1 rings (SSSR count). The lowest BCUT2D eigenvalue weighted by Gasteiger charge is -2.07. The molecule has 0 saturated heterocycles. The second kappa shape index (κ2) is 4.42. The predicted octanol–water partition coefficient (Wildman–Crippen LogP) is 1.57. The zero-order chi connectivity index (χ0) is 12.4. The standard InChI is InChI=1S/C9H9F3O3S/c10-9(11,12)8-3-1-7(2-4-8)5-16(14,15)6-13/h1-4,13H,5-6H2. The molecule has 0 aliphatic rings. The molecule has 0 bridgehead atoms. The number of aliphatic hydroxyl groups excluding tert-OH is 1. The van der Waals surface area contributed by atoms with Crippen LogP contribution in [0.1, 0.15) is 11.1 Å². The van der Waals surface area contributed by atoms with Crippen molar-refractivity contribution in [3.8, 4) is 0 Å². The summed E-state index contributed by atoms with van der Waals surface area (Å²) in [5.41, 5.74) is -0.625. The van der Waals surface area contributed by atoms with Crippen LogP contribution in [0.4, 0.5) is 13.2 Å². The maximum atomic E-state index is 12.2. The lowest BCUT2D eigenvalue weighted by Crippen LogP contribution is -2.09. The van der Waals surface area contributed by atoms with Gasteiger partial charge in [-0.2, -0.15) is 13.2 Å². The maximum Gasteiger partial charge on any atom is 0.416 e. The van der Waals surface area contributed by atoms with Crippen LogP contribution < -0.4 is 0 Å². The Morgan fingerprint density at radius 1 is 1.12 bits per heavy atom. The van der Waals surface area contributed by atoms with Crippen molar-refractivity contribution in [1.29, 1.82) is 0 Å². The van der Waals surface area contributed by atoms with E-state index >= 15 is 0 Å². The molecule has 0 aromatic heterocycles. The Hall–Kier alpha value is -1.08. The van der Waals surface area contributed by atoms with Crippen molar-refractivity contribution in [3.63, 3.8) is 0 Å². The summed E-state index contributed by atoms with van der Waals surface area (Å²) in [6.45, 7) is 0. The monoisotopic (exact) mass is 254 g/mol. The molecular weight excluding hydrogens is 245 g/mol. The van der Waals surface area contributed by atoms with Gasteiger partial charge >= 0.3 is 6.18 Å². The first kappa shape index (κ1) is 13.0. The van der Waals surface area contributed by atoms with Crippen LogP contribution in [-0.4, -0.2) is 19.5 Å². The number of alkyl halides is 3. The summed E-state index contributed by atoms with van der Waals surface area (Å²) in [4.78, 5) is 0. The van der Waals surface area contributed by atoms with E-state index < -0.39 is 33.3 Å². The Morgan fingerprint density at radius 3 is 2.00 bits per heavy atom. The fourth-order valence-corrected chi connectivity index (χ4v) is 1.88. The summed E-state index contributed by atoms with van der Waals surface area (Å²) in [6, 6.07) is 3.77. The summed E-state index contributed by atoms with van der Waals surface area (Å²) in [6.07, 6.45) is -4.44. The van der Waals surface area contributed by atoms with E-state index in [0.717, 1.165) is 24.3 Å². The molecule has 0 atom stereocenters. The van der Waals surface area contributed by atoms with E-state index in [1.807, 2.05) is 0 Å². The highest BCUT2D eigenvalue weighted by Crippen LogP contribution is 2.29. The van der Waals surface area contributed by atoms with Gasteiger partial charge in [-0.05, 0) is 17.7 Å². The molecule has 7 heteroatoms. The van der Waals surface area contributed by atoms with Crippen LogP contribution in [0.25, 0.3) is 0 Å². The van der Waals surface area contributed by atoms with Crippen molar-refractivity contribution >= 4 is 9.84 Å². The molecular formula is C9H9F3O3S. The molecule has 16 heavy (non-hydrogen) atoms. The van der Waals surface area contributed by atoms with Gasteiger partial charge in [-0.15, -0.1) is 0 Å². The van der Waals surface area contributed by atoms with Crippen LogP contribution in [0, 0.1) is 0 Å². The van der Waals surface area contributed by atoms with Gasteiger partial charge in [-0.25, -0.2) is 8.42 Å². The Labute approximate surface area is 90.4 Å². The summed E-state index contributed by atoms with van der Waals surface area (Å²) in [7, 11) is -3.65. The van der Waals surface area contributed by atoms with Crippen molar-refractivity contribution in [2.45, 2.75) is 11.9 Å². The predicted molar refractivity (Wildman–Crippen MR) is 51.2 cm³/mol. The van der Waals surface area contributed by atoms with Crippen LogP contribution in [0.3, 0.4) is 0 Å². The number of hydrogen-bond donors (Lipinski definition) is 1. The average molecular weight is 254 g/mol. The minimum absolute atomic E-state index is 0.210. The average Bonchev–Trinajstić information content (AvgIpc) is 2.16. The van der Waals surface area contributed by atoms with E-state index in [4.69, 9.17) is 5.11 Å². The highest BCUT2D eigenvalue weighted by molar-refractivity contribution is 7.90. The van der Waals surface area contributed by atoms with Gasteiger partial charge in [0.05, 0.1) is 11.3 Å². The third-order valence-corrected chi connectivity index (χ3v) is 3.03. The van der Waals surface area contributed by atoms with Crippen molar-refractivity contribution < 1.29 is 26.7 Å². The Balaban J connectivity index is 2.89. The van der Waals surface area contributed by atoms with E-state index in [9.17, 15) is 21.6 Å². The first-order valence-electron chi connectivity index (χ1n) is 4.22. The molecule has 3 nitrogen and oxygen atoms in total. The van der Waals surface area contributed by atoms with Gasteiger partial charge in [0.2, 0.25) is 0 Å². The highest BCUT2D eigenvalue weighted by atomic mass is 32.2. The molecule has 1 N–H and O–H groups in total. The number of sulfone groups is 1. The smallest absolute Gasteiger partial charge is 0.380 e. The van der Waals surface area contributed by atoms with Gasteiger partial charge in [-0.1, -0.05) is 12.1 Å². The van der Waals surface area contributed by atoms with Gasteiger partial charge in [0, 0.05) is 0 Å². The van der Waals surface area contributed by atoms with E-state index in [1.165, 1.54) is 0 Å². The van der Waals surface area contributed by atoms with Crippen LogP contribution in [0.2, 0.25) is 0 Å². The number of aliphatic hydroxyl groups is 1. The second-order valence-electron chi connectivity index (χ2n) is 3.21. The van der Waals surface area contributed by atoms with Crippen molar-refractivity contribution in [3.05, 3.63) is 35.4 Å². The first-order chi connectivity index (χ1) is 7.24. The van der Waals surface area contributed by atoms with Crippen LogP contribution in [-0.2, 0) is 21.8 Å². The summed E-state index contributed by atoms with van der Waals surface area (Å²) in [5, 5.41) is 8.47. The van der Waals surface area contributed by atoms with Crippen molar-refractivity contribution in [2.75, 3.05) is 5.94 Å². The molecule has 0 radical (unpaired) electrons. The largest absolute Gasteiger partial charge is 0.416 e. The number of benzene rings is 1. The molecule has 0 fully saturated rings. The van der Waals surface area contributed by atoms with Gasteiger partial charge in [0.1, 0.15) is 5.94 Å². The third kappa shape index (κ3) is 3.49. The SMILES string of the molecule is O=S(=O)(CO)Cc1ccc(C(F)(F)F)cc1. The quantitative estimate of drug-likeness (QED) is 0.890. The third-order valence-electron chi connectivity index (χ3n) is 1.86. The minimum Gasteiger partial charge on any atom is -0.380 e. The zero-order valence-electron chi connectivity index (χ0n) is 8.03. The lowest BCUT2D eigenvalue weighted by molar-refractivity contribution is -0.137. The summed E-state index contributed by atoms with van der Waals surface area (Å²) in [5.74, 6) is -1.49. The van der Waals surface area contributed by atoms with E-state index in [0.29, 0.717) is 0 Å². The fraction of sp³-hybridized carbons (Fsp3) is 0.333. The number of rotatable bonds is 3. The van der Waals surface area contributed by atoms with Gasteiger partial charge in [0.25, 0.3) is 0 Å². The molecule has 1 aromatic carbocycles. The Bertz CT molecular complexity index is 448. The minimum atomic E-state index is -4.44. The molecule has 0 heterocycles. The van der Waals surface area contributed by atoms with Gasteiger partial charge < -0.3 is 5.11 Å². The fourth-order valence-electron chi connectivity index (χ4n) is 1.09. The normalized spacial score (nSPS) is 12.8. The lowest BCUT2D eigenvalue weighted by atomic mass is 10.1. The van der Waals surface area contributed by atoms with E-state index in [2.05, 4.69) is 0 Å². The van der Waals surface area contributed by atoms with E-state index in [1.54, 1.807) is 0 Å². The molecule has 1 aromatic rings. The Morgan fingerprint density at radius 2 is 1.62 bits per heavy atom. The molecule has 0 spiro atoms. The van der Waals surface area contributed by atoms with E-state index in [-0.39, 0.29) is 5.56 Å². The maximum absolute atomic E-state index is 12.2. The number of halogens is 3. The van der Waals surface area contributed by atoms with Gasteiger partial charge in [-0.3, -0.25) is 0 Å². The topological polar surface area (TPSA) is 54.4 Å².